The summed E-state index contributed by atoms with van der Waals surface area (Å²) in [6.45, 7) is 3.76. The molecule has 15 heavy (non-hydrogen) atoms. The topological polar surface area (TPSA) is 33.3 Å². The summed E-state index contributed by atoms with van der Waals surface area (Å²) in [6, 6.07) is 6.36. The molecule has 3 nitrogen and oxygen atoms in total. The molecule has 3 heteroatoms. The summed E-state index contributed by atoms with van der Waals surface area (Å²) in [5, 5.41) is 6.43. The van der Waals surface area contributed by atoms with Gasteiger partial charge in [-0.25, -0.2) is 0 Å². The molecule has 1 aromatic carbocycles. The molecule has 1 aromatic rings. The van der Waals surface area contributed by atoms with Crippen LogP contribution in [-0.4, -0.2) is 20.2 Å². The Hall–Kier alpha value is -1.06. The predicted molar refractivity (Wildman–Crippen MR) is 61.0 cm³/mol. The van der Waals surface area contributed by atoms with Crippen LogP contribution in [0.15, 0.2) is 18.2 Å². The predicted octanol–water partition coefficient (Wildman–Crippen LogP) is 1.28. The molecule has 0 atom stereocenters. The Kier molecular flexibility index (Phi) is 3.59. The zero-order chi connectivity index (χ0) is 10.5. The van der Waals surface area contributed by atoms with Crippen molar-refractivity contribution in [1.29, 1.82) is 0 Å². The lowest BCUT2D eigenvalue weighted by Crippen LogP contribution is -2.11. The maximum atomic E-state index is 5.67. The van der Waals surface area contributed by atoms with E-state index in [1.54, 1.807) is 0 Å². The van der Waals surface area contributed by atoms with E-state index in [4.69, 9.17) is 4.74 Å². The summed E-state index contributed by atoms with van der Waals surface area (Å²) < 4.78 is 5.67. The fourth-order valence-corrected chi connectivity index (χ4v) is 1.80. The summed E-state index contributed by atoms with van der Waals surface area (Å²) >= 11 is 0. The van der Waals surface area contributed by atoms with E-state index in [-0.39, 0.29) is 0 Å². The monoisotopic (exact) mass is 206 g/mol. The highest BCUT2D eigenvalue weighted by atomic mass is 16.5. The molecule has 1 heterocycles. The van der Waals surface area contributed by atoms with E-state index in [2.05, 4.69) is 28.8 Å². The van der Waals surface area contributed by atoms with Crippen molar-refractivity contribution in [2.45, 2.75) is 19.5 Å². The maximum Gasteiger partial charge on any atom is 0.119 e. The molecular formula is C12H18N2O. The average Bonchev–Trinajstić information content (AvgIpc) is 2.71. The van der Waals surface area contributed by atoms with Crippen LogP contribution >= 0.6 is 0 Å². The van der Waals surface area contributed by atoms with E-state index in [0.29, 0.717) is 0 Å². The number of benzene rings is 1. The van der Waals surface area contributed by atoms with Gasteiger partial charge in [0.05, 0.1) is 6.61 Å². The van der Waals surface area contributed by atoms with Crippen molar-refractivity contribution in [2.24, 2.45) is 0 Å². The number of nitrogens with one attached hydrogen (secondary N) is 2. The zero-order valence-corrected chi connectivity index (χ0v) is 9.18. The van der Waals surface area contributed by atoms with Crippen LogP contribution in [0.2, 0.25) is 0 Å². The van der Waals surface area contributed by atoms with Gasteiger partial charge in [0, 0.05) is 13.1 Å². The van der Waals surface area contributed by atoms with Gasteiger partial charge in [-0.15, -0.1) is 0 Å². The number of fused-ring (bicyclic) bond motifs is 1. The van der Waals surface area contributed by atoms with Crippen LogP contribution in [0, 0.1) is 0 Å². The van der Waals surface area contributed by atoms with Gasteiger partial charge in [0.25, 0.3) is 0 Å². The Morgan fingerprint density at radius 1 is 1.33 bits per heavy atom. The highest BCUT2D eigenvalue weighted by Gasteiger charge is 2.09. The molecule has 1 aliphatic heterocycles. The van der Waals surface area contributed by atoms with Crippen molar-refractivity contribution in [3.05, 3.63) is 29.3 Å². The third-order valence-corrected chi connectivity index (χ3v) is 2.65. The molecule has 0 bridgehead atoms. The van der Waals surface area contributed by atoms with Gasteiger partial charge in [-0.2, -0.15) is 0 Å². The van der Waals surface area contributed by atoms with Crippen molar-refractivity contribution >= 4 is 0 Å². The fraction of sp³-hybridized carbons (Fsp3) is 0.500. The molecule has 0 aliphatic carbocycles. The van der Waals surface area contributed by atoms with Crippen LogP contribution in [0.5, 0.6) is 5.75 Å². The van der Waals surface area contributed by atoms with Gasteiger partial charge < -0.3 is 15.4 Å². The van der Waals surface area contributed by atoms with Gasteiger partial charge in [0.15, 0.2) is 0 Å². The molecule has 0 radical (unpaired) electrons. The second kappa shape index (κ2) is 5.14. The lowest BCUT2D eigenvalue weighted by atomic mass is 10.1. The largest absolute Gasteiger partial charge is 0.494 e. The van der Waals surface area contributed by atoms with Crippen LogP contribution in [0.1, 0.15) is 17.5 Å². The average molecular weight is 206 g/mol. The van der Waals surface area contributed by atoms with Gasteiger partial charge in [0.1, 0.15) is 5.75 Å². The lowest BCUT2D eigenvalue weighted by Gasteiger charge is -2.07. The molecule has 0 aromatic heterocycles. The number of ether oxygens (including phenoxy) is 1. The second-order valence-corrected chi connectivity index (χ2v) is 3.84. The van der Waals surface area contributed by atoms with Gasteiger partial charge >= 0.3 is 0 Å². The van der Waals surface area contributed by atoms with E-state index < -0.39 is 0 Å². The minimum atomic E-state index is 0.785. The number of rotatable bonds is 5. The molecular weight excluding hydrogens is 188 g/mol. The first-order valence-corrected chi connectivity index (χ1v) is 5.50. The van der Waals surface area contributed by atoms with Crippen LogP contribution in [-0.2, 0) is 13.1 Å². The molecule has 0 amide bonds. The molecule has 1 aliphatic rings. The molecule has 82 valence electrons. The van der Waals surface area contributed by atoms with Crippen molar-refractivity contribution in [1.82, 2.24) is 10.6 Å². The number of hydrogen-bond acceptors (Lipinski definition) is 3. The van der Waals surface area contributed by atoms with E-state index in [9.17, 15) is 0 Å². The highest BCUT2D eigenvalue weighted by Crippen LogP contribution is 2.21. The second-order valence-electron chi connectivity index (χ2n) is 3.84. The lowest BCUT2D eigenvalue weighted by molar-refractivity contribution is 0.309. The summed E-state index contributed by atoms with van der Waals surface area (Å²) in [5.74, 6) is 0.994. The van der Waals surface area contributed by atoms with E-state index in [1.807, 2.05) is 7.05 Å². The summed E-state index contributed by atoms with van der Waals surface area (Å²) in [6.07, 6.45) is 1.05. The third kappa shape index (κ3) is 2.70. The molecule has 0 unspecified atom stereocenters. The van der Waals surface area contributed by atoms with Crippen LogP contribution in [0.25, 0.3) is 0 Å². The first-order chi connectivity index (χ1) is 7.40. The normalized spacial score (nSPS) is 13.9. The van der Waals surface area contributed by atoms with Gasteiger partial charge in [0.2, 0.25) is 0 Å². The Labute approximate surface area is 90.8 Å². The smallest absolute Gasteiger partial charge is 0.119 e. The molecule has 0 saturated carbocycles. The minimum absolute atomic E-state index is 0.785. The summed E-state index contributed by atoms with van der Waals surface area (Å²) in [5.41, 5.74) is 2.78. The van der Waals surface area contributed by atoms with E-state index >= 15 is 0 Å². The quantitative estimate of drug-likeness (QED) is 0.712. The standard InChI is InChI=1S/C12H18N2O/c1-13-5-2-6-15-12-4-3-10-8-14-9-11(10)7-12/h3-4,7,13-14H,2,5-6,8-9H2,1H3. The van der Waals surface area contributed by atoms with Crippen molar-refractivity contribution in [3.63, 3.8) is 0 Å². The Morgan fingerprint density at radius 3 is 3.07 bits per heavy atom. The van der Waals surface area contributed by atoms with Crippen LogP contribution in [0.4, 0.5) is 0 Å². The molecule has 0 spiro atoms. The van der Waals surface area contributed by atoms with Crippen LogP contribution < -0.4 is 15.4 Å². The Morgan fingerprint density at radius 2 is 2.20 bits per heavy atom. The van der Waals surface area contributed by atoms with Crippen molar-refractivity contribution in [3.8, 4) is 5.75 Å². The third-order valence-electron chi connectivity index (χ3n) is 2.65. The minimum Gasteiger partial charge on any atom is -0.494 e. The Balaban J connectivity index is 1.87. The van der Waals surface area contributed by atoms with Crippen molar-refractivity contribution in [2.75, 3.05) is 20.2 Å². The summed E-state index contributed by atoms with van der Waals surface area (Å²) in [4.78, 5) is 0. The van der Waals surface area contributed by atoms with Gasteiger partial charge in [-0.05, 0) is 43.3 Å². The van der Waals surface area contributed by atoms with Crippen molar-refractivity contribution < 1.29 is 4.74 Å². The van der Waals surface area contributed by atoms with E-state index in [1.165, 1.54) is 11.1 Å². The van der Waals surface area contributed by atoms with Gasteiger partial charge in [-0.3, -0.25) is 0 Å². The zero-order valence-electron chi connectivity index (χ0n) is 9.18. The maximum absolute atomic E-state index is 5.67. The molecule has 0 fully saturated rings. The molecule has 2 N–H and O–H groups in total. The Bertz CT molecular complexity index is 325. The first kappa shape index (κ1) is 10.5. The number of hydrogen-bond donors (Lipinski definition) is 2. The van der Waals surface area contributed by atoms with Crippen LogP contribution in [0.3, 0.4) is 0 Å². The fourth-order valence-electron chi connectivity index (χ4n) is 1.80. The summed E-state index contributed by atoms with van der Waals surface area (Å²) in [7, 11) is 1.96. The molecule has 2 rings (SSSR count). The SMILES string of the molecule is CNCCCOc1ccc2c(c1)CNC2. The first-order valence-electron chi connectivity index (χ1n) is 5.50. The van der Waals surface area contributed by atoms with E-state index in [0.717, 1.165) is 38.4 Å². The van der Waals surface area contributed by atoms with Gasteiger partial charge in [-0.1, -0.05) is 6.07 Å². The molecule has 0 saturated heterocycles. The highest BCUT2D eigenvalue weighted by molar-refractivity contribution is 5.37.